The van der Waals surface area contributed by atoms with Crippen LogP contribution in [0, 0.1) is 6.92 Å². The number of nitrogens with zero attached hydrogens (tertiary/aromatic N) is 1. The summed E-state index contributed by atoms with van der Waals surface area (Å²) in [5, 5.41) is 10.3. The highest BCUT2D eigenvalue weighted by Gasteiger charge is 2.10. The third kappa shape index (κ3) is 2.85. The molecule has 1 heterocycles. The number of aliphatic hydroxyl groups excluding tert-OH is 1. The van der Waals surface area contributed by atoms with Crippen LogP contribution in [0.4, 0.5) is 0 Å². The number of benzene rings is 2. The maximum atomic E-state index is 9.14. The van der Waals surface area contributed by atoms with E-state index in [4.69, 9.17) is 9.84 Å². The molecule has 3 rings (SSSR count). The van der Waals surface area contributed by atoms with Gasteiger partial charge in [-0.1, -0.05) is 24.3 Å². The Morgan fingerprint density at radius 1 is 1.14 bits per heavy atom. The van der Waals surface area contributed by atoms with Crippen LogP contribution in [-0.2, 0) is 6.54 Å². The predicted molar refractivity (Wildman–Crippen MR) is 89.2 cm³/mol. The largest absolute Gasteiger partial charge is 0.486 e. The van der Waals surface area contributed by atoms with Crippen LogP contribution in [0.5, 0.6) is 5.75 Å². The molecule has 0 saturated heterocycles. The van der Waals surface area contributed by atoms with Crippen molar-refractivity contribution in [1.29, 1.82) is 0 Å². The van der Waals surface area contributed by atoms with Gasteiger partial charge in [-0.15, -0.1) is 0 Å². The van der Waals surface area contributed by atoms with Crippen molar-refractivity contribution in [3.8, 4) is 5.75 Å². The topological polar surface area (TPSA) is 34.4 Å². The van der Waals surface area contributed by atoms with Crippen molar-refractivity contribution in [2.24, 2.45) is 0 Å². The maximum Gasteiger partial charge on any atom is 0.122 e. The number of aromatic nitrogens is 1. The standard InChI is InChI=1S/C19H21NO2/c1-14-5-3-4-6-18(14)15(2)22-17-8-7-16-9-10-20(11-12-21)19(16)13-17/h3-10,13,15,21H,11-12H2,1-2H3. The van der Waals surface area contributed by atoms with E-state index in [0.29, 0.717) is 6.54 Å². The molecule has 1 atom stereocenters. The van der Waals surface area contributed by atoms with Gasteiger partial charge in [-0.05, 0) is 48.6 Å². The molecule has 3 heteroatoms. The lowest BCUT2D eigenvalue weighted by Gasteiger charge is -2.17. The minimum absolute atomic E-state index is 0.0000888. The Hall–Kier alpha value is -2.26. The van der Waals surface area contributed by atoms with Gasteiger partial charge in [-0.2, -0.15) is 0 Å². The first-order valence-electron chi connectivity index (χ1n) is 7.61. The molecule has 3 nitrogen and oxygen atoms in total. The lowest BCUT2D eigenvalue weighted by Crippen LogP contribution is -2.05. The van der Waals surface area contributed by atoms with Crippen molar-refractivity contribution in [2.75, 3.05) is 6.61 Å². The van der Waals surface area contributed by atoms with Crippen molar-refractivity contribution in [1.82, 2.24) is 4.57 Å². The van der Waals surface area contributed by atoms with E-state index in [1.165, 1.54) is 11.1 Å². The van der Waals surface area contributed by atoms with Crippen LogP contribution in [-0.4, -0.2) is 16.3 Å². The zero-order valence-corrected chi connectivity index (χ0v) is 13.0. The highest BCUT2D eigenvalue weighted by atomic mass is 16.5. The summed E-state index contributed by atoms with van der Waals surface area (Å²) >= 11 is 0. The minimum atomic E-state index is -0.0000888. The fourth-order valence-electron chi connectivity index (χ4n) is 2.85. The summed E-state index contributed by atoms with van der Waals surface area (Å²) in [7, 11) is 0. The molecule has 0 aliphatic carbocycles. The van der Waals surface area contributed by atoms with Crippen molar-refractivity contribution in [3.05, 3.63) is 65.9 Å². The van der Waals surface area contributed by atoms with Gasteiger partial charge in [-0.3, -0.25) is 0 Å². The average Bonchev–Trinajstić information content (AvgIpc) is 2.91. The van der Waals surface area contributed by atoms with E-state index in [9.17, 15) is 0 Å². The maximum absolute atomic E-state index is 9.14. The summed E-state index contributed by atoms with van der Waals surface area (Å²) in [6.45, 7) is 4.90. The smallest absolute Gasteiger partial charge is 0.122 e. The summed E-state index contributed by atoms with van der Waals surface area (Å²) < 4.78 is 8.16. The van der Waals surface area contributed by atoms with Crippen LogP contribution in [0.1, 0.15) is 24.2 Å². The van der Waals surface area contributed by atoms with Crippen molar-refractivity contribution >= 4 is 10.9 Å². The lowest BCUT2D eigenvalue weighted by molar-refractivity contribution is 0.226. The van der Waals surface area contributed by atoms with Gasteiger partial charge in [0.1, 0.15) is 11.9 Å². The van der Waals surface area contributed by atoms with Gasteiger partial charge in [-0.25, -0.2) is 0 Å². The van der Waals surface area contributed by atoms with Gasteiger partial charge in [0.15, 0.2) is 0 Å². The quantitative estimate of drug-likeness (QED) is 0.769. The molecule has 0 radical (unpaired) electrons. The second-order valence-electron chi connectivity index (χ2n) is 5.57. The molecule has 0 aliphatic rings. The number of ether oxygens (including phenoxy) is 1. The van der Waals surface area contributed by atoms with Crippen LogP contribution in [0.15, 0.2) is 54.7 Å². The summed E-state index contributed by atoms with van der Waals surface area (Å²) in [5.74, 6) is 0.848. The highest BCUT2D eigenvalue weighted by Crippen LogP contribution is 2.27. The first-order valence-corrected chi connectivity index (χ1v) is 7.61. The van der Waals surface area contributed by atoms with Crippen LogP contribution < -0.4 is 4.74 Å². The van der Waals surface area contributed by atoms with E-state index >= 15 is 0 Å². The van der Waals surface area contributed by atoms with Gasteiger partial charge in [0.2, 0.25) is 0 Å². The Balaban J connectivity index is 1.87. The van der Waals surface area contributed by atoms with E-state index in [-0.39, 0.29) is 12.7 Å². The molecular weight excluding hydrogens is 274 g/mol. The Labute approximate surface area is 130 Å². The Bertz CT molecular complexity index is 776. The number of hydrogen-bond donors (Lipinski definition) is 1. The molecule has 0 fully saturated rings. The molecule has 0 aliphatic heterocycles. The third-order valence-corrected chi connectivity index (χ3v) is 4.03. The molecule has 0 amide bonds. The van der Waals surface area contributed by atoms with Crippen molar-refractivity contribution in [3.63, 3.8) is 0 Å². The Kier molecular flexibility index (Phi) is 4.16. The molecule has 0 bridgehead atoms. The zero-order chi connectivity index (χ0) is 15.5. The van der Waals surface area contributed by atoms with Crippen LogP contribution in [0.2, 0.25) is 0 Å². The minimum Gasteiger partial charge on any atom is -0.486 e. The molecule has 1 N–H and O–H groups in total. The molecule has 22 heavy (non-hydrogen) atoms. The van der Waals surface area contributed by atoms with Gasteiger partial charge in [0, 0.05) is 18.8 Å². The second-order valence-corrected chi connectivity index (χ2v) is 5.57. The molecule has 3 aromatic rings. The monoisotopic (exact) mass is 295 g/mol. The van der Waals surface area contributed by atoms with Crippen molar-refractivity contribution < 1.29 is 9.84 Å². The molecule has 0 spiro atoms. The molecule has 1 aromatic heterocycles. The van der Waals surface area contributed by atoms with E-state index in [0.717, 1.165) is 16.7 Å². The number of aliphatic hydroxyl groups is 1. The number of rotatable bonds is 5. The van der Waals surface area contributed by atoms with E-state index < -0.39 is 0 Å². The number of fused-ring (bicyclic) bond motifs is 1. The van der Waals surface area contributed by atoms with Gasteiger partial charge >= 0.3 is 0 Å². The van der Waals surface area contributed by atoms with Gasteiger partial charge in [0.25, 0.3) is 0 Å². The molecule has 114 valence electrons. The zero-order valence-electron chi connectivity index (χ0n) is 13.0. The summed E-state index contributed by atoms with van der Waals surface area (Å²) in [6, 6.07) is 16.4. The predicted octanol–water partition coefficient (Wildman–Crippen LogP) is 4.08. The average molecular weight is 295 g/mol. The SMILES string of the molecule is Cc1ccccc1C(C)Oc1ccc2ccn(CCO)c2c1. The van der Waals surface area contributed by atoms with E-state index in [2.05, 4.69) is 38.1 Å². The lowest BCUT2D eigenvalue weighted by atomic mass is 10.0. The van der Waals surface area contributed by atoms with E-state index in [1.807, 2.05) is 35.0 Å². The first kappa shape index (κ1) is 14.7. The fraction of sp³-hybridized carbons (Fsp3) is 0.263. The third-order valence-electron chi connectivity index (χ3n) is 4.03. The van der Waals surface area contributed by atoms with Crippen LogP contribution in [0.25, 0.3) is 10.9 Å². The summed E-state index contributed by atoms with van der Waals surface area (Å²) in [4.78, 5) is 0. The normalized spacial score (nSPS) is 12.5. The molecule has 2 aromatic carbocycles. The van der Waals surface area contributed by atoms with Gasteiger partial charge in [0.05, 0.1) is 12.1 Å². The Morgan fingerprint density at radius 2 is 1.95 bits per heavy atom. The van der Waals surface area contributed by atoms with E-state index in [1.54, 1.807) is 0 Å². The highest BCUT2D eigenvalue weighted by molar-refractivity contribution is 5.81. The second kappa shape index (κ2) is 6.24. The van der Waals surface area contributed by atoms with Gasteiger partial charge < -0.3 is 14.4 Å². The summed E-state index contributed by atoms with van der Waals surface area (Å²) in [5.41, 5.74) is 3.52. The molecule has 1 unspecified atom stereocenters. The molecular formula is C19H21NO2. The first-order chi connectivity index (χ1) is 10.7. The Morgan fingerprint density at radius 3 is 2.73 bits per heavy atom. The van der Waals surface area contributed by atoms with Crippen molar-refractivity contribution in [2.45, 2.75) is 26.5 Å². The fourth-order valence-corrected chi connectivity index (χ4v) is 2.85. The van der Waals surface area contributed by atoms with Crippen LogP contribution >= 0.6 is 0 Å². The number of aryl methyl sites for hydroxylation is 1. The molecule has 0 saturated carbocycles. The summed E-state index contributed by atoms with van der Waals surface area (Å²) in [6.07, 6.45) is 2.00. The number of hydrogen-bond acceptors (Lipinski definition) is 2. The van der Waals surface area contributed by atoms with Crippen LogP contribution in [0.3, 0.4) is 0 Å².